The van der Waals surface area contributed by atoms with Gasteiger partial charge in [-0.05, 0) is 36.1 Å². The molecule has 1 aliphatic rings. The molecule has 0 aliphatic carbocycles. The number of thioether (sulfide) groups is 1. The van der Waals surface area contributed by atoms with Gasteiger partial charge in [-0.15, -0.1) is 0 Å². The van der Waals surface area contributed by atoms with Crippen LogP contribution in [-0.4, -0.2) is 10.4 Å². The lowest BCUT2D eigenvalue weighted by Gasteiger charge is -2.29. The zero-order chi connectivity index (χ0) is 11.0. The standard InChI is InChI=1S/C12H15ClOS/c1-3-11-12(14)8-4-7(2)5-10(13)9(8)6-15-11/h4-5,11-12,14H,3,6H2,1-2H3. The third-order valence-electron chi connectivity index (χ3n) is 2.89. The molecule has 2 atom stereocenters. The van der Waals surface area contributed by atoms with Crippen LogP contribution in [0.25, 0.3) is 0 Å². The van der Waals surface area contributed by atoms with Gasteiger partial charge in [0.05, 0.1) is 6.10 Å². The highest BCUT2D eigenvalue weighted by Crippen LogP contribution is 2.42. The third-order valence-corrected chi connectivity index (χ3v) is 4.70. The highest BCUT2D eigenvalue weighted by atomic mass is 35.5. The summed E-state index contributed by atoms with van der Waals surface area (Å²) in [5.74, 6) is 0.921. The summed E-state index contributed by atoms with van der Waals surface area (Å²) in [6.45, 7) is 4.13. The molecule has 2 unspecified atom stereocenters. The second kappa shape index (κ2) is 4.36. The van der Waals surface area contributed by atoms with Gasteiger partial charge in [0, 0.05) is 16.0 Å². The summed E-state index contributed by atoms with van der Waals surface area (Å²) in [6.07, 6.45) is 0.637. The molecule has 3 heteroatoms. The predicted molar refractivity (Wildman–Crippen MR) is 66.5 cm³/mol. The number of rotatable bonds is 1. The SMILES string of the molecule is CCC1SCc2c(Cl)cc(C)cc2C1O. The lowest BCUT2D eigenvalue weighted by molar-refractivity contribution is 0.170. The van der Waals surface area contributed by atoms with E-state index in [-0.39, 0.29) is 6.10 Å². The minimum Gasteiger partial charge on any atom is -0.387 e. The molecule has 0 amide bonds. The fourth-order valence-corrected chi connectivity index (χ4v) is 3.73. The lowest BCUT2D eigenvalue weighted by atomic mass is 9.97. The first-order chi connectivity index (χ1) is 7.13. The van der Waals surface area contributed by atoms with E-state index in [1.54, 1.807) is 11.8 Å². The summed E-state index contributed by atoms with van der Waals surface area (Å²) in [5, 5.41) is 11.3. The number of hydrogen-bond donors (Lipinski definition) is 1. The number of hydrogen-bond acceptors (Lipinski definition) is 2. The first kappa shape index (κ1) is 11.3. The van der Waals surface area contributed by atoms with Crippen LogP contribution >= 0.6 is 23.4 Å². The van der Waals surface area contributed by atoms with Gasteiger partial charge in [0.2, 0.25) is 0 Å². The van der Waals surface area contributed by atoms with Crippen molar-refractivity contribution in [2.24, 2.45) is 0 Å². The fourth-order valence-electron chi connectivity index (χ4n) is 2.04. The fraction of sp³-hybridized carbons (Fsp3) is 0.500. The molecule has 0 bridgehead atoms. The highest BCUT2D eigenvalue weighted by Gasteiger charge is 2.28. The largest absolute Gasteiger partial charge is 0.387 e. The van der Waals surface area contributed by atoms with E-state index in [9.17, 15) is 5.11 Å². The molecule has 1 aromatic carbocycles. The van der Waals surface area contributed by atoms with Crippen LogP contribution in [0.3, 0.4) is 0 Å². The predicted octanol–water partition coefficient (Wildman–Crippen LogP) is 3.71. The van der Waals surface area contributed by atoms with E-state index >= 15 is 0 Å². The van der Waals surface area contributed by atoms with Crippen molar-refractivity contribution in [3.8, 4) is 0 Å². The van der Waals surface area contributed by atoms with Crippen molar-refractivity contribution >= 4 is 23.4 Å². The molecule has 1 aromatic rings. The molecule has 2 rings (SSSR count). The average Bonchev–Trinajstić information content (AvgIpc) is 2.19. The molecule has 1 nitrogen and oxygen atoms in total. The molecule has 0 saturated heterocycles. The van der Waals surface area contributed by atoms with Crippen molar-refractivity contribution in [3.63, 3.8) is 0 Å². The van der Waals surface area contributed by atoms with Gasteiger partial charge in [0.1, 0.15) is 0 Å². The molecule has 1 heterocycles. The molecule has 0 aromatic heterocycles. The Hall–Kier alpha value is -0.180. The Morgan fingerprint density at radius 2 is 2.27 bits per heavy atom. The van der Waals surface area contributed by atoms with Crippen LogP contribution in [0.5, 0.6) is 0 Å². The Morgan fingerprint density at radius 3 is 2.93 bits per heavy atom. The number of aliphatic hydroxyl groups excluding tert-OH is 1. The van der Waals surface area contributed by atoms with E-state index in [0.29, 0.717) is 5.25 Å². The zero-order valence-electron chi connectivity index (χ0n) is 8.96. The topological polar surface area (TPSA) is 20.2 Å². The summed E-state index contributed by atoms with van der Waals surface area (Å²) in [4.78, 5) is 0. The molecule has 0 spiro atoms. The van der Waals surface area contributed by atoms with Crippen molar-refractivity contribution in [3.05, 3.63) is 33.8 Å². The van der Waals surface area contributed by atoms with Crippen molar-refractivity contribution in [2.45, 2.75) is 37.4 Å². The summed E-state index contributed by atoms with van der Waals surface area (Å²) in [5.41, 5.74) is 3.27. The van der Waals surface area contributed by atoms with Gasteiger partial charge in [-0.2, -0.15) is 11.8 Å². The van der Waals surface area contributed by atoms with Crippen LogP contribution in [-0.2, 0) is 5.75 Å². The van der Waals surface area contributed by atoms with E-state index in [2.05, 4.69) is 13.0 Å². The zero-order valence-corrected chi connectivity index (χ0v) is 10.5. The van der Waals surface area contributed by atoms with Crippen molar-refractivity contribution in [2.75, 3.05) is 0 Å². The van der Waals surface area contributed by atoms with Crippen LogP contribution in [0.2, 0.25) is 5.02 Å². The summed E-state index contributed by atoms with van der Waals surface area (Å²) in [6, 6.07) is 4.04. The van der Waals surface area contributed by atoms with Crippen molar-refractivity contribution in [1.29, 1.82) is 0 Å². The number of benzene rings is 1. The quantitative estimate of drug-likeness (QED) is 0.810. The van der Waals surface area contributed by atoms with E-state index in [1.165, 1.54) is 0 Å². The molecule has 1 N–H and O–H groups in total. The number of fused-ring (bicyclic) bond motifs is 1. The van der Waals surface area contributed by atoms with Crippen LogP contribution < -0.4 is 0 Å². The Morgan fingerprint density at radius 1 is 1.53 bits per heavy atom. The Kier molecular flexibility index (Phi) is 3.29. The van der Waals surface area contributed by atoms with Gasteiger partial charge in [0.25, 0.3) is 0 Å². The van der Waals surface area contributed by atoms with Crippen LogP contribution in [0.4, 0.5) is 0 Å². The Balaban J connectivity index is 2.46. The van der Waals surface area contributed by atoms with Gasteiger partial charge in [-0.1, -0.05) is 24.6 Å². The summed E-state index contributed by atoms with van der Waals surface area (Å²) < 4.78 is 0. The maximum atomic E-state index is 10.2. The van der Waals surface area contributed by atoms with Gasteiger partial charge >= 0.3 is 0 Å². The first-order valence-electron chi connectivity index (χ1n) is 5.22. The minimum absolute atomic E-state index is 0.315. The number of halogens is 1. The smallest absolute Gasteiger partial charge is 0.0912 e. The average molecular weight is 243 g/mol. The van der Waals surface area contributed by atoms with Gasteiger partial charge < -0.3 is 5.11 Å². The molecule has 0 radical (unpaired) electrons. The van der Waals surface area contributed by atoms with Crippen molar-refractivity contribution < 1.29 is 5.11 Å². The van der Waals surface area contributed by atoms with Crippen LogP contribution in [0, 0.1) is 6.92 Å². The van der Waals surface area contributed by atoms with E-state index in [4.69, 9.17) is 11.6 Å². The minimum atomic E-state index is -0.360. The monoisotopic (exact) mass is 242 g/mol. The second-order valence-electron chi connectivity index (χ2n) is 4.02. The Bertz CT molecular complexity index is 378. The first-order valence-corrected chi connectivity index (χ1v) is 6.64. The summed E-state index contributed by atoms with van der Waals surface area (Å²) in [7, 11) is 0. The maximum Gasteiger partial charge on any atom is 0.0912 e. The van der Waals surface area contributed by atoms with E-state index < -0.39 is 0 Å². The molecule has 0 fully saturated rings. The van der Waals surface area contributed by atoms with Gasteiger partial charge in [-0.25, -0.2) is 0 Å². The van der Waals surface area contributed by atoms with Gasteiger partial charge in [0.15, 0.2) is 0 Å². The number of aryl methyl sites for hydroxylation is 1. The third kappa shape index (κ3) is 2.03. The van der Waals surface area contributed by atoms with Crippen LogP contribution in [0.15, 0.2) is 12.1 Å². The summed E-state index contributed by atoms with van der Waals surface area (Å²) >= 11 is 7.98. The van der Waals surface area contributed by atoms with Crippen molar-refractivity contribution in [1.82, 2.24) is 0 Å². The van der Waals surface area contributed by atoms with Gasteiger partial charge in [-0.3, -0.25) is 0 Å². The molecular weight excluding hydrogens is 228 g/mol. The van der Waals surface area contributed by atoms with E-state index in [1.807, 2.05) is 13.0 Å². The highest BCUT2D eigenvalue weighted by molar-refractivity contribution is 7.99. The second-order valence-corrected chi connectivity index (χ2v) is 5.65. The normalized spacial score (nSPS) is 25.1. The molecule has 0 saturated carbocycles. The molecule has 1 aliphatic heterocycles. The number of aliphatic hydroxyl groups is 1. The van der Waals surface area contributed by atoms with E-state index in [0.717, 1.165) is 33.9 Å². The molecular formula is C12H15ClOS. The van der Waals surface area contributed by atoms with Crippen LogP contribution in [0.1, 0.15) is 36.1 Å². The molecule has 82 valence electrons. The Labute approximate surface area is 99.8 Å². The lowest BCUT2D eigenvalue weighted by Crippen LogP contribution is -2.20. The molecule has 15 heavy (non-hydrogen) atoms. The maximum absolute atomic E-state index is 10.2.